The molecule has 0 saturated carbocycles. The molecule has 1 N–H and O–H groups in total. The van der Waals surface area contributed by atoms with Crippen LogP contribution >= 0.6 is 0 Å². The van der Waals surface area contributed by atoms with Gasteiger partial charge in [-0.3, -0.25) is 9.59 Å². The molecule has 102 valence electrons. The molecule has 0 atom stereocenters. The Kier molecular flexibility index (Phi) is 3.99. The first-order valence-corrected chi connectivity index (χ1v) is 5.97. The van der Waals surface area contributed by atoms with Gasteiger partial charge in [0.05, 0.1) is 13.0 Å². The Morgan fingerprint density at radius 1 is 1.37 bits per heavy atom. The van der Waals surface area contributed by atoms with Crippen molar-refractivity contribution in [1.29, 1.82) is 0 Å². The molecule has 6 heteroatoms. The predicted molar refractivity (Wildman–Crippen MR) is 64.2 cm³/mol. The van der Waals surface area contributed by atoms with Crippen LogP contribution in [0.3, 0.4) is 0 Å². The molecule has 19 heavy (non-hydrogen) atoms. The van der Waals surface area contributed by atoms with E-state index in [9.17, 15) is 14.0 Å². The molecule has 0 bridgehead atoms. The van der Waals surface area contributed by atoms with Gasteiger partial charge < -0.3 is 14.7 Å². The number of aliphatic carboxylic acids is 1. The highest BCUT2D eigenvalue weighted by molar-refractivity contribution is 5.80. The van der Waals surface area contributed by atoms with E-state index in [0.717, 1.165) is 0 Å². The van der Waals surface area contributed by atoms with Crippen LogP contribution < -0.4 is 4.74 Å². The molecule has 0 saturated heterocycles. The minimum Gasteiger partial charge on any atom is -0.491 e. The highest BCUT2D eigenvalue weighted by atomic mass is 19.1. The summed E-state index contributed by atoms with van der Waals surface area (Å²) in [7, 11) is 0. The highest BCUT2D eigenvalue weighted by Crippen LogP contribution is 2.24. The number of carbonyl (C=O) groups excluding carboxylic acids is 1. The molecular weight excluding hydrogens is 253 g/mol. The van der Waals surface area contributed by atoms with Crippen LogP contribution in [0.2, 0.25) is 0 Å². The lowest BCUT2D eigenvalue weighted by atomic mass is 10.1. The highest BCUT2D eigenvalue weighted by Gasteiger charge is 2.20. The lowest BCUT2D eigenvalue weighted by molar-refractivity contribution is -0.141. The first-order chi connectivity index (χ1) is 9.06. The number of amides is 1. The Morgan fingerprint density at radius 2 is 2.16 bits per heavy atom. The third kappa shape index (κ3) is 3.43. The molecule has 1 aliphatic heterocycles. The lowest BCUT2D eigenvalue weighted by Crippen LogP contribution is -2.32. The fourth-order valence-corrected chi connectivity index (χ4v) is 1.95. The van der Waals surface area contributed by atoms with Gasteiger partial charge in [0.1, 0.15) is 18.2 Å². The summed E-state index contributed by atoms with van der Waals surface area (Å²) in [6.45, 7) is 0.928. The minimum atomic E-state index is -1.01. The summed E-state index contributed by atoms with van der Waals surface area (Å²) in [4.78, 5) is 23.8. The molecule has 1 aliphatic rings. The van der Waals surface area contributed by atoms with E-state index in [1.165, 1.54) is 23.1 Å². The Bertz CT molecular complexity index is 503. The van der Waals surface area contributed by atoms with Crippen LogP contribution in [0.5, 0.6) is 5.75 Å². The van der Waals surface area contributed by atoms with Crippen molar-refractivity contribution in [2.24, 2.45) is 0 Å². The standard InChI is InChI=1S/C13H14FNO4/c14-10-1-2-11-9(7-10)8-15(5-6-19-11)12(16)3-4-13(17)18/h1-2,7H,3-6,8H2,(H,17,18). The third-order valence-electron chi connectivity index (χ3n) is 2.91. The van der Waals surface area contributed by atoms with Crippen molar-refractivity contribution in [2.45, 2.75) is 19.4 Å². The van der Waals surface area contributed by atoms with Crippen LogP contribution in [0.25, 0.3) is 0 Å². The van der Waals surface area contributed by atoms with Gasteiger partial charge in [-0.2, -0.15) is 0 Å². The second-order valence-corrected chi connectivity index (χ2v) is 4.31. The largest absolute Gasteiger partial charge is 0.491 e. The number of carbonyl (C=O) groups is 2. The normalized spacial score (nSPS) is 14.3. The van der Waals surface area contributed by atoms with Gasteiger partial charge >= 0.3 is 5.97 Å². The molecular formula is C13H14FNO4. The van der Waals surface area contributed by atoms with E-state index in [2.05, 4.69) is 0 Å². The van der Waals surface area contributed by atoms with Crippen LogP contribution in [0.1, 0.15) is 18.4 Å². The van der Waals surface area contributed by atoms with Gasteiger partial charge in [-0.25, -0.2) is 4.39 Å². The SMILES string of the molecule is O=C(O)CCC(=O)N1CCOc2ccc(F)cc2C1. The Hall–Kier alpha value is -2.11. The van der Waals surface area contributed by atoms with Gasteiger partial charge in [-0.1, -0.05) is 0 Å². The van der Waals surface area contributed by atoms with Crippen molar-refractivity contribution in [2.75, 3.05) is 13.2 Å². The molecule has 2 rings (SSSR count). The number of nitrogens with zero attached hydrogens (tertiary/aromatic N) is 1. The van der Waals surface area contributed by atoms with E-state index < -0.39 is 5.97 Å². The van der Waals surface area contributed by atoms with Crippen molar-refractivity contribution in [3.05, 3.63) is 29.6 Å². The maximum absolute atomic E-state index is 13.2. The summed E-state index contributed by atoms with van der Waals surface area (Å²) in [6, 6.07) is 4.18. The third-order valence-corrected chi connectivity index (χ3v) is 2.91. The van der Waals surface area contributed by atoms with Crippen LogP contribution in [0.4, 0.5) is 4.39 Å². The maximum atomic E-state index is 13.2. The first-order valence-electron chi connectivity index (χ1n) is 5.97. The Labute approximate surface area is 109 Å². The van der Waals surface area contributed by atoms with Crippen LogP contribution in [-0.2, 0) is 16.1 Å². The van der Waals surface area contributed by atoms with Crippen molar-refractivity contribution < 1.29 is 23.8 Å². The Morgan fingerprint density at radius 3 is 2.89 bits per heavy atom. The van der Waals surface area contributed by atoms with Crippen molar-refractivity contribution in [3.8, 4) is 5.75 Å². The number of carboxylic acid groups (broad SMARTS) is 1. The molecule has 0 fully saturated rings. The van der Waals surface area contributed by atoms with Gasteiger partial charge in [0.25, 0.3) is 0 Å². The van der Waals surface area contributed by atoms with Crippen LogP contribution in [0.15, 0.2) is 18.2 Å². The predicted octanol–water partition coefficient (Wildman–Crippen LogP) is 1.41. The molecule has 0 aromatic heterocycles. The summed E-state index contributed by atoms with van der Waals surface area (Å²) in [5.41, 5.74) is 0.598. The zero-order valence-corrected chi connectivity index (χ0v) is 10.3. The number of carboxylic acids is 1. The second-order valence-electron chi connectivity index (χ2n) is 4.31. The number of fused-ring (bicyclic) bond motifs is 1. The number of halogens is 1. The number of benzene rings is 1. The minimum absolute atomic E-state index is 0.0556. The smallest absolute Gasteiger partial charge is 0.303 e. The Balaban J connectivity index is 2.08. The molecule has 0 spiro atoms. The van der Waals surface area contributed by atoms with E-state index in [4.69, 9.17) is 9.84 Å². The zero-order valence-electron chi connectivity index (χ0n) is 10.3. The van der Waals surface area contributed by atoms with E-state index in [0.29, 0.717) is 24.5 Å². The molecule has 5 nitrogen and oxygen atoms in total. The van der Waals surface area contributed by atoms with Gasteiger partial charge in [0.15, 0.2) is 0 Å². The molecule has 0 unspecified atom stereocenters. The van der Waals surface area contributed by atoms with Crippen LogP contribution in [-0.4, -0.2) is 35.0 Å². The van der Waals surface area contributed by atoms with E-state index >= 15 is 0 Å². The van der Waals surface area contributed by atoms with Gasteiger partial charge in [-0.05, 0) is 18.2 Å². The summed E-state index contributed by atoms with van der Waals surface area (Å²) < 4.78 is 18.6. The number of hydrogen-bond donors (Lipinski definition) is 1. The van der Waals surface area contributed by atoms with Crippen molar-refractivity contribution in [1.82, 2.24) is 4.90 Å². The zero-order chi connectivity index (χ0) is 13.8. The number of ether oxygens (including phenoxy) is 1. The van der Waals surface area contributed by atoms with Gasteiger partial charge in [-0.15, -0.1) is 0 Å². The molecule has 1 aromatic rings. The average Bonchev–Trinajstić information content (AvgIpc) is 2.57. The molecule has 0 radical (unpaired) electrons. The fourth-order valence-electron chi connectivity index (χ4n) is 1.95. The summed E-state index contributed by atoms with van der Waals surface area (Å²) in [5, 5.41) is 8.57. The van der Waals surface area contributed by atoms with E-state index in [1.807, 2.05) is 0 Å². The van der Waals surface area contributed by atoms with E-state index in [1.54, 1.807) is 0 Å². The van der Waals surface area contributed by atoms with E-state index in [-0.39, 0.29) is 31.1 Å². The average molecular weight is 267 g/mol. The summed E-state index contributed by atoms with van der Waals surface area (Å²) in [6.07, 6.45) is -0.258. The summed E-state index contributed by atoms with van der Waals surface area (Å²) >= 11 is 0. The molecule has 1 aromatic carbocycles. The topological polar surface area (TPSA) is 66.8 Å². The number of rotatable bonds is 3. The fraction of sp³-hybridized carbons (Fsp3) is 0.385. The monoisotopic (exact) mass is 267 g/mol. The van der Waals surface area contributed by atoms with Crippen molar-refractivity contribution >= 4 is 11.9 Å². The molecule has 1 amide bonds. The lowest BCUT2D eigenvalue weighted by Gasteiger charge is -2.19. The van der Waals surface area contributed by atoms with Crippen molar-refractivity contribution in [3.63, 3.8) is 0 Å². The molecule has 0 aliphatic carbocycles. The van der Waals surface area contributed by atoms with Crippen LogP contribution in [0, 0.1) is 5.82 Å². The maximum Gasteiger partial charge on any atom is 0.303 e. The first kappa shape index (κ1) is 13.3. The van der Waals surface area contributed by atoms with Gasteiger partial charge in [0, 0.05) is 18.5 Å². The molecule has 1 heterocycles. The number of hydrogen-bond acceptors (Lipinski definition) is 3. The second kappa shape index (κ2) is 5.69. The van der Waals surface area contributed by atoms with Gasteiger partial charge in [0.2, 0.25) is 5.91 Å². The summed E-state index contributed by atoms with van der Waals surface area (Å²) in [5.74, 6) is -1.09. The quantitative estimate of drug-likeness (QED) is 0.899.